The molecule has 0 spiro atoms. The number of ketones is 1. The van der Waals surface area contributed by atoms with Crippen LogP contribution in [-0.2, 0) is 9.53 Å². The molecule has 0 atom stereocenters. The number of allylic oxidation sites excluding steroid dienone is 1. The number of ether oxygens (including phenoxy) is 2. The highest BCUT2D eigenvalue weighted by Crippen LogP contribution is 2.23. The number of hydrogen-bond donors (Lipinski definition) is 1. The fraction of sp³-hybridized carbons (Fsp3) is 0.211. The van der Waals surface area contributed by atoms with E-state index >= 15 is 0 Å². The lowest BCUT2D eigenvalue weighted by Gasteiger charge is -2.06. The van der Waals surface area contributed by atoms with Crippen LogP contribution in [0.4, 0.5) is 0 Å². The third-order valence-corrected chi connectivity index (χ3v) is 3.69. The van der Waals surface area contributed by atoms with E-state index in [4.69, 9.17) is 9.15 Å². The van der Waals surface area contributed by atoms with Crippen molar-refractivity contribution in [3.63, 3.8) is 0 Å². The van der Waals surface area contributed by atoms with Gasteiger partial charge in [0.2, 0.25) is 0 Å². The van der Waals surface area contributed by atoms with Crippen LogP contribution in [0.5, 0.6) is 11.5 Å². The monoisotopic (exact) mass is 358 g/mol. The SMILES string of the molecule is COC(=O)COc1cccc(C=CC(=O)c2c(O)c(C)c(C)oc2=O)c1. The Labute approximate surface area is 149 Å². The summed E-state index contributed by atoms with van der Waals surface area (Å²) in [6.07, 6.45) is 2.61. The predicted molar refractivity (Wildman–Crippen MR) is 93.4 cm³/mol. The molecule has 2 aromatic rings. The van der Waals surface area contributed by atoms with Gasteiger partial charge in [0, 0.05) is 5.56 Å². The lowest BCUT2D eigenvalue weighted by molar-refractivity contribution is -0.142. The Morgan fingerprint density at radius 2 is 2.00 bits per heavy atom. The Hall–Kier alpha value is -3.35. The lowest BCUT2D eigenvalue weighted by Crippen LogP contribution is -2.14. The van der Waals surface area contributed by atoms with Crippen molar-refractivity contribution >= 4 is 17.8 Å². The van der Waals surface area contributed by atoms with E-state index < -0.39 is 22.9 Å². The Balaban J connectivity index is 2.20. The average molecular weight is 358 g/mol. The molecule has 7 heteroatoms. The van der Waals surface area contributed by atoms with Crippen molar-refractivity contribution in [3.8, 4) is 11.5 Å². The Morgan fingerprint density at radius 1 is 1.27 bits per heavy atom. The van der Waals surface area contributed by atoms with Gasteiger partial charge in [0.25, 0.3) is 0 Å². The number of benzene rings is 1. The predicted octanol–water partition coefficient (Wildman–Crippen LogP) is 2.41. The van der Waals surface area contributed by atoms with Crippen LogP contribution >= 0.6 is 0 Å². The maximum absolute atomic E-state index is 12.3. The van der Waals surface area contributed by atoms with Crippen LogP contribution < -0.4 is 10.4 Å². The molecule has 0 unspecified atom stereocenters. The highest BCUT2D eigenvalue weighted by atomic mass is 16.6. The molecule has 26 heavy (non-hydrogen) atoms. The fourth-order valence-electron chi connectivity index (χ4n) is 2.10. The van der Waals surface area contributed by atoms with Crippen LogP contribution in [0.2, 0.25) is 0 Å². The second-order valence-corrected chi connectivity index (χ2v) is 5.43. The van der Waals surface area contributed by atoms with E-state index in [2.05, 4.69) is 4.74 Å². The molecule has 0 bridgehead atoms. The zero-order chi connectivity index (χ0) is 19.3. The molecule has 2 rings (SSSR count). The van der Waals surface area contributed by atoms with E-state index in [1.807, 2.05) is 0 Å². The topological polar surface area (TPSA) is 103 Å². The first-order valence-corrected chi connectivity index (χ1v) is 7.69. The molecular weight excluding hydrogens is 340 g/mol. The Morgan fingerprint density at radius 3 is 2.69 bits per heavy atom. The van der Waals surface area contributed by atoms with Gasteiger partial charge >= 0.3 is 11.6 Å². The minimum absolute atomic E-state index is 0.236. The number of carbonyl (C=O) groups excluding carboxylic acids is 2. The highest BCUT2D eigenvalue weighted by molar-refractivity contribution is 6.08. The van der Waals surface area contributed by atoms with E-state index in [1.165, 1.54) is 20.1 Å². The largest absolute Gasteiger partial charge is 0.506 e. The van der Waals surface area contributed by atoms with Gasteiger partial charge in [-0.2, -0.15) is 0 Å². The molecule has 0 aliphatic heterocycles. The fourth-order valence-corrected chi connectivity index (χ4v) is 2.10. The quantitative estimate of drug-likeness (QED) is 0.480. The molecule has 1 heterocycles. The summed E-state index contributed by atoms with van der Waals surface area (Å²) in [6.45, 7) is 2.84. The van der Waals surface area contributed by atoms with Gasteiger partial charge in [-0.15, -0.1) is 0 Å². The van der Waals surface area contributed by atoms with Crippen molar-refractivity contribution in [2.45, 2.75) is 13.8 Å². The van der Waals surface area contributed by atoms with E-state index in [1.54, 1.807) is 31.2 Å². The molecule has 0 saturated carbocycles. The van der Waals surface area contributed by atoms with Crippen molar-refractivity contribution in [1.29, 1.82) is 0 Å². The van der Waals surface area contributed by atoms with E-state index in [0.717, 1.165) is 6.08 Å². The number of aromatic hydroxyl groups is 1. The first kappa shape index (κ1) is 19.0. The minimum atomic E-state index is -0.893. The maximum Gasteiger partial charge on any atom is 0.351 e. The number of hydrogen-bond acceptors (Lipinski definition) is 7. The molecule has 7 nitrogen and oxygen atoms in total. The number of esters is 1. The third-order valence-electron chi connectivity index (χ3n) is 3.69. The summed E-state index contributed by atoms with van der Waals surface area (Å²) in [5.74, 6) is -0.913. The van der Waals surface area contributed by atoms with Crippen LogP contribution in [0.3, 0.4) is 0 Å². The summed E-state index contributed by atoms with van der Waals surface area (Å²) in [6, 6.07) is 6.64. The molecule has 0 fully saturated rings. The molecule has 1 aromatic carbocycles. The minimum Gasteiger partial charge on any atom is -0.506 e. The van der Waals surface area contributed by atoms with E-state index in [0.29, 0.717) is 16.9 Å². The van der Waals surface area contributed by atoms with Crippen molar-refractivity contribution < 1.29 is 28.6 Å². The normalized spacial score (nSPS) is 10.7. The van der Waals surface area contributed by atoms with Crippen LogP contribution in [-0.4, -0.2) is 30.6 Å². The van der Waals surface area contributed by atoms with Gasteiger partial charge in [0.05, 0.1) is 7.11 Å². The second-order valence-electron chi connectivity index (χ2n) is 5.43. The molecule has 0 aliphatic rings. The lowest BCUT2D eigenvalue weighted by atomic mass is 10.1. The molecule has 1 N–H and O–H groups in total. The van der Waals surface area contributed by atoms with Gasteiger partial charge < -0.3 is 19.0 Å². The first-order chi connectivity index (χ1) is 12.3. The van der Waals surface area contributed by atoms with Gasteiger partial charge in [0.15, 0.2) is 12.4 Å². The van der Waals surface area contributed by atoms with Gasteiger partial charge in [-0.05, 0) is 37.6 Å². The number of methoxy groups -OCH3 is 1. The van der Waals surface area contributed by atoms with Crippen LogP contribution in [0, 0.1) is 13.8 Å². The maximum atomic E-state index is 12.3. The van der Waals surface area contributed by atoms with Gasteiger partial charge in [-0.1, -0.05) is 18.2 Å². The summed E-state index contributed by atoms with van der Waals surface area (Å²) in [7, 11) is 1.26. The summed E-state index contributed by atoms with van der Waals surface area (Å²) >= 11 is 0. The second kappa shape index (κ2) is 8.15. The molecular formula is C19H18O7. The van der Waals surface area contributed by atoms with Crippen molar-refractivity contribution in [3.05, 3.63) is 63.2 Å². The first-order valence-electron chi connectivity index (χ1n) is 7.69. The van der Waals surface area contributed by atoms with Crippen LogP contribution in [0.15, 0.2) is 39.6 Å². The number of carbonyl (C=O) groups is 2. The molecule has 0 saturated heterocycles. The number of rotatable bonds is 6. The van der Waals surface area contributed by atoms with Crippen LogP contribution in [0.25, 0.3) is 6.08 Å². The summed E-state index contributed by atoms with van der Waals surface area (Å²) in [4.78, 5) is 35.2. The average Bonchev–Trinajstić information content (AvgIpc) is 2.63. The summed E-state index contributed by atoms with van der Waals surface area (Å²) in [5, 5.41) is 10.0. The van der Waals surface area contributed by atoms with Crippen LogP contribution in [0.1, 0.15) is 27.2 Å². The van der Waals surface area contributed by atoms with Gasteiger partial charge in [0.1, 0.15) is 22.8 Å². The Kier molecular flexibility index (Phi) is 5.95. The zero-order valence-corrected chi connectivity index (χ0v) is 14.6. The molecule has 136 valence electrons. The summed E-state index contributed by atoms with van der Waals surface area (Å²) < 4.78 is 14.7. The molecule has 0 radical (unpaired) electrons. The summed E-state index contributed by atoms with van der Waals surface area (Å²) in [5.41, 5.74) is -0.370. The van der Waals surface area contributed by atoms with E-state index in [9.17, 15) is 19.5 Å². The zero-order valence-electron chi connectivity index (χ0n) is 14.6. The highest BCUT2D eigenvalue weighted by Gasteiger charge is 2.19. The number of aryl methyl sites for hydroxylation is 1. The van der Waals surface area contributed by atoms with E-state index in [-0.39, 0.29) is 18.1 Å². The van der Waals surface area contributed by atoms with Crippen molar-refractivity contribution in [2.75, 3.05) is 13.7 Å². The van der Waals surface area contributed by atoms with Gasteiger partial charge in [-0.3, -0.25) is 4.79 Å². The van der Waals surface area contributed by atoms with Gasteiger partial charge in [-0.25, -0.2) is 9.59 Å². The Bertz CT molecular complexity index is 922. The standard InChI is InChI=1S/C19H18O7/c1-11-12(2)26-19(23)17(18(11)22)15(20)8-7-13-5-4-6-14(9-13)25-10-16(21)24-3/h4-9,22H,10H2,1-3H3. The smallest absolute Gasteiger partial charge is 0.351 e. The molecule has 1 aromatic heterocycles. The molecule has 0 amide bonds. The molecule has 0 aliphatic carbocycles. The van der Waals surface area contributed by atoms with Crippen molar-refractivity contribution in [1.82, 2.24) is 0 Å². The van der Waals surface area contributed by atoms with Crippen molar-refractivity contribution in [2.24, 2.45) is 0 Å². The third kappa shape index (κ3) is 4.38.